The Hall–Kier alpha value is 0.400. The monoisotopic (exact) mass is 196 g/mol. The second kappa shape index (κ2) is 8.40. The van der Waals surface area contributed by atoms with Crippen molar-refractivity contribution < 1.29 is 8.93 Å². The normalized spacial score (nSPS) is 10.0. The number of hydrogen-bond acceptors (Lipinski definition) is 2. The van der Waals surface area contributed by atoms with Gasteiger partial charge in [0.05, 0.1) is 22.9 Å². The molecule has 0 atom stereocenters. The number of hydrogen-bond donors (Lipinski definition) is 1. The molecule has 0 radical (unpaired) electrons. The lowest BCUT2D eigenvalue weighted by Gasteiger charge is -1.95. The minimum Gasteiger partial charge on any atom is -0.396 e. The SMILES string of the molecule is OCCCCCCOBr. The lowest BCUT2D eigenvalue weighted by atomic mass is 10.2. The van der Waals surface area contributed by atoms with Crippen LogP contribution < -0.4 is 0 Å². The summed E-state index contributed by atoms with van der Waals surface area (Å²) in [4.78, 5) is 0. The average Bonchev–Trinajstić information content (AvgIpc) is 1.89. The first-order valence-electron chi connectivity index (χ1n) is 3.26. The first-order valence-corrected chi connectivity index (χ1v) is 3.91. The van der Waals surface area contributed by atoms with Gasteiger partial charge in [-0.15, -0.1) is 0 Å². The number of rotatable bonds is 6. The molecular formula is C6H13BrO2. The van der Waals surface area contributed by atoms with Crippen LogP contribution in [0.15, 0.2) is 0 Å². The Morgan fingerprint density at radius 1 is 1.11 bits per heavy atom. The van der Waals surface area contributed by atoms with Gasteiger partial charge in [0.25, 0.3) is 0 Å². The standard InChI is InChI=1S/C6H13BrO2/c7-9-6-4-2-1-3-5-8/h8H,1-6H2. The molecule has 0 rings (SSSR count). The van der Waals surface area contributed by atoms with Crippen LogP contribution >= 0.6 is 16.3 Å². The molecule has 0 aromatic rings. The van der Waals surface area contributed by atoms with Crippen LogP contribution in [0.25, 0.3) is 0 Å². The van der Waals surface area contributed by atoms with Gasteiger partial charge in [-0.25, -0.2) is 0 Å². The van der Waals surface area contributed by atoms with Gasteiger partial charge < -0.3 is 8.93 Å². The van der Waals surface area contributed by atoms with Crippen molar-refractivity contribution in [3.63, 3.8) is 0 Å². The van der Waals surface area contributed by atoms with Crippen molar-refractivity contribution in [1.82, 2.24) is 0 Å². The van der Waals surface area contributed by atoms with Gasteiger partial charge in [0.2, 0.25) is 0 Å². The van der Waals surface area contributed by atoms with Crippen LogP contribution in [0, 0.1) is 0 Å². The largest absolute Gasteiger partial charge is 0.396 e. The van der Waals surface area contributed by atoms with Crippen LogP contribution in [0.2, 0.25) is 0 Å². The third-order valence-electron chi connectivity index (χ3n) is 1.13. The molecule has 0 fully saturated rings. The van der Waals surface area contributed by atoms with Crippen molar-refractivity contribution in [2.45, 2.75) is 25.7 Å². The molecule has 0 saturated heterocycles. The minimum atomic E-state index is 0.315. The lowest BCUT2D eigenvalue weighted by molar-refractivity contribution is 0.279. The molecular weight excluding hydrogens is 184 g/mol. The molecule has 0 aromatic carbocycles. The van der Waals surface area contributed by atoms with E-state index in [0.717, 1.165) is 32.3 Å². The number of aliphatic hydroxyl groups excluding tert-OH is 1. The Bertz CT molecular complexity index is 44.3. The van der Waals surface area contributed by atoms with Crippen molar-refractivity contribution in [1.29, 1.82) is 0 Å². The molecule has 3 heteroatoms. The van der Waals surface area contributed by atoms with Crippen LogP contribution in [-0.4, -0.2) is 18.3 Å². The highest BCUT2D eigenvalue weighted by Crippen LogP contribution is 2.00. The third-order valence-corrected chi connectivity index (χ3v) is 1.45. The Morgan fingerprint density at radius 3 is 2.33 bits per heavy atom. The molecule has 2 nitrogen and oxygen atoms in total. The Kier molecular flexibility index (Phi) is 8.77. The molecule has 0 bridgehead atoms. The van der Waals surface area contributed by atoms with E-state index in [1.165, 1.54) is 0 Å². The predicted molar refractivity (Wildman–Crippen MR) is 40.4 cm³/mol. The zero-order valence-corrected chi connectivity index (χ0v) is 7.06. The van der Waals surface area contributed by atoms with Crippen molar-refractivity contribution >= 4 is 16.3 Å². The average molecular weight is 197 g/mol. The summed E-state index contributed by atoms with van der Waals surface area (Å²) >= 11 is 2.87. The topological polar surface area (TPSA) is 29.5 Å². The van der Waals surface area contributed by atoms with Gasteiger partial charge in [0.1, 0.15) is 0 Å². The summed E-state index contributed by atoms with van der Waals surface area (Å²) in [6, 6.07) is 0. The first kappa shape index (κ1) is 9.40. The maximum Gasteiger partial charge on any atom is 0.0987 e. The van der Waals surface area contributed by atoms with Gasteiger partial charge in [-0.2, -0.15) is 0 Å². The van der Waals surface area contributed by atoms with Crippen LogP contribution in [0.3, 0.4) is 0 Å². The molecule has 0 aromatic heterocycles. The Morgan fingerprint density at radius 2 is 1.78 bits per heavy atom. The van der Waals surface area contributed by atoms with E-state index in [2.05, 4.69) is 20.1 Å². The second-order valence-corrected chi connectivity index (χ2v) is 2.41. The first-order chi connectivity index (χ1) is 4.41. The van der Waals surface area contributed by atoms with Crippen molar-refractivity contribution in [2.75, 3.05) is 13.2 Å². The summed E-state index contributed by atoms with van der Waals surface area (Å²) in [6.45, 7) is 1.08. The summed E-state index contributed by atoms with van der Waals surface area (Å²) in [5, 5.41) is 8.38. The molecule has 0 saturated carbocycles. The van der Waals surface area contributed by atoms with Crippen LogP contribution in [0.1, 0.15) is 25.7 Å². The molecule has 0 amide bonds. The lowest BCUT2D eigenvalue weighted by Crippen LogP contribution is -1.86. The highest BCUT2D eigenvalue weighted by atomic mass is 79.9. The maximum atomic E-state index is 8.38. The van der Waals surface area contributed by atoms with Gasteiger partial charge >= 0.3 is 0 Å². The van der Waals surface area contributed by atoms with E-state index in [9.17, 15) is 0 Å². The number of aliphatic hydroxyl groups is 1. The van der Waals surface area contributed by atoms with Gasteiger partial charge in [-0.05, 0) is 12.8 Å². The van der Waals surface area contributed by atoms with Crippen molar-refractivity contribution in [2.24, 2.45) is 0 Å². The van der Waals surface area contributed by atoms with Gasteiger partial charge in [-0.3, -0.25) is 0 Å². The highest BCUT2D eigenvalue weighted by Gasteiger charge is 1.87. The van der Waals surface area contributed by atoms with E-state index in [4.69, 9.17) is 5.11 Å². The Balaban J connectivity index is 2.60. The van der Waals surface area contributed by atoms with E-state index in [1.807, 2.05) is 0 Å². The summed E-state index contributed by atoms with van der Waals surface area (Å²) in [5.74, 6) is 0. The fourth-order valence-corrected chi connectivity index (χ4v) is 0.851. The van der Waals surface area contributed by atoms with E-state index in [0.29, 0.717) is 6.61 Å². The van der Waals surface area contributed by atoms with Crippen LogP contribution in [0.5, 0.6) is 0 Å². The molecule has 9 heavy (non-hydrogen) atoms. The van der Waals surface area contributed by atoms with Gasteiger partial charge in [-0.1, -0.05) is 12.8 Å². The minimum absolute atomic E-state index is 0.315. The van der Waals surface area contributed by atoms with E-state index in [-0.39, 0.29) is 0 Å². The molecule has 56 valence electrons. The summed E-state index contributed by atoms with van der Waals surface area (Å²) < 4.78 is 4.67. The van der Waals surface area contributed by atoms with E-state index >= 15 is 0 Å². The second-order valence-electron chi connectivity index (χ2n) is 1.95. The fraction of sp³-hybridized carbons (Fsp3) is 1.00. The molecule has 0 unspecified atom stereocenters. The molecule has 0 aliphatic carbocycles. The number of unbranched alkanes of at least 4 members (excludes halogenated alkanes) is 3. The summed E-state index contributed by atoms with van der Waals surface area (Å²) in [6.07, 6.45) is 4.24. The predicted octanol–water partition coefficient (Wildman–Crippen LogP) is 1.87. The molecule has 0 aliphatic rings. The molecule has 0 spiro atoms. The van der Waals surface area contributed by atoms with Gasteiger partial charge in [0.15, 0.2) is 0 Å². The quantitative estimate of drug-likeness (QED) is 0.658. The maximum absolute atomic E-state index is 8.38. The summed E-state index contributed by atoms with van der Waals surface area (Å²) in [7, 11) is 0. The smallest absolute Gasteiger partial charge is 0.0987 e. The van der Waals surface area contributed by atoms with E-state index in [1.54, 1.807) is 0 Å². The van der Waals surface area contributed by atoms with Crippen molar-refractivity contribution in [3.8, 4) is 0 Å². The highest BCUT2D eigenvalue weighted by molar-refractivity contribution is 9.06. The molecule has 1 N–H and O–H groups in total. The number of halogens is 1. The molecule has 0 heterocycles. The van der Waals surface area contributed by atoms with E-state index < -0.39 is 0 Å². The van der Waals surface area contributed by atoms with Crippen LogP contribution in [0.4, 0.5) is 0 Å². The summed E-state index contributed by atoms with van der Waals surface area (Å²) in [5.41, 5.74) is 0. The third kappa shape index (κ3) is 8.40. The van der Waals surface area contributed by atoms with Crippen molar-refractivity contribution in [3.05, 3.63) is 0 Å². The zero-order valence-electron chi connectivity index (χ0n) is 5.48. The van der Waals surface area contributed by atoms with Crippen LogP contribution in [-0.2, 0) is 3.83 Å². The fourth-order valence-electron chi connectivity index (χ4n) is 0.622. The van der Waals surface area contributed by atoms with Gasteiger partial charge in [0, 0.05) is 6.61 Å². The molecule has 0 aliphatic heterocycles. The Labute approximate surface area is 64.7 Å². The zero-order chi connectivity index (χ0) is 6.95.